The van der Waals surface area contributed by atoms with Gasteiger partial charge in [-0.3, -0.25) is 0 Å². The van der Waals surface area contributed by atoms with Crippen LogP contribution in [0.15, 0.2) is 12.2 Å². The van der Waals surface area contributed by atoms with Crippen LogP contribution in [0, 0.1) is 10.8 Å². The minimum absolute atomic E-state index is 0.00586. The maximum absolute atomic E-state index is 12.1. The summed E-state index contributed by atoms with van der Waals surface area (Å²) in [6.07, 6.45) is 9.28. The van der Waals surface area contributed by atoms with E-state index in [9.17, 15) is 4.79 Å². The molecule has 0 aromatic rings. The van der Waals surface area contributed by atoms with Gasteiger partial charge in [0.25, 0.3) is 0 Å². The second-order valence-corrected chi connectivity index (χ2v) is 8.37. The quantitative estimate of drug-likeness (QED) is 0.438. The summed E-state index contributed by atoms with van der Waals surface area (Å²) >= 11 is 0. The largest absolute Gasteiger partial charge is 0.508 e. The second kappa shape index (κ2) is 4.96. The minimum Gasteiger partial charge on any atom is -0.431 e. The van der Waals surface area contributed by atoms with E-state index >= 15 is 0 Å². The van der Waals surface area contributed by atoms with Crippen molar-refractivity contribution in [2.45, 2.75) is 83.2 Å². The van der Waals surface area contributed by atoms with Gasteiger partial charge in [-0.1, -0.05) is 26.8 Å². The van der Waals surface area contributed by atoms with E-state index in [1.54, 1.807) is 0 Å². The van der Waals surface area contributed by atoms with Crippen LogP contribution in [-0.4, -0.2) is 30.1 Å². The lowest BCUT2D eigenvalue weighted by Crippen LogP contribution is -2.69. The molecule has 2 bridgehead atoms. The predicted octanol–water partition coefficient (Wildman–Crippen LogP) is 3.92. The van der Waals surface area contributed by atoms with Gasteiger partial charge < -0.3 is 9.47 Å². The summed E-state index contributed by atoms with van der Waals surface area (Å²) in [5.41, 5.74) is -0.944. The van der Waals surface area contributed by atoms with Crippen molar-refractivity contribution in [2.24, 2.45) is 10.8 Å². The van der Waals surface area contributed by atoms with Crippen LogP contribution in [-0.2, 0) is 19.2 Å². The highest BCUT2D eigenvalue weighted by Crippen LogP contribution is 2.63. The first-order valence-electron chi connectivity index (χ1n) is 8.77. The number of hydrogen-bond acceptors (Lipinski definition) is 5. The average molecular weight is 322 g/mol. The number of hydrogen-bond donors (Lipinski definition) is 0. The molecule has 5 nitrogen and oxygen atoms in total. The van der Waals surface area contributed by atoms with Gasteiger partial charge in [0.2, 0.25) is 0 Å². The molecule has 23 heavy (non-hydrogen) atoms. The van der Waals surface area contributed by atoms with Crippen LogP contribution in [0.1, 0.15) is 59.3 Å². The fraction of sp³-hybridized carbons (Fsp3) is 0.833. The number of fused-ring (bicyclic) bond motifs is 1. The highest BCUT2D eigenvalue weighted by Gasteiger charge is 2.68. The van der Waals surface area contributed by atoms with Gasteiger partial charge in [-0.2, -0.15) is 0 Å². The Morgan fingerprint density at radius 3 is 2.57 bits per heavy atom. The molecule has 2 aliphatic heterocycles. The van der Waals surface area contributed by atoms with Crippen LogP contribution in [0.5, 0.6) is 0 Å². The third-order valence-corrected chi connectivity index (χ3v) is 6.67. The molecule has 0 amide bonds. The Labute approximate surface area is 137 Å². The molecule has 1 saturated heterocycles. The number of rotatable bonds is 2. The smallest absolute Gasteiger partial charge is 0.431 e. The average Bonchev–Trinajstić information content (AvgIpc) is 2.47. The van der Waals surface area contributed by atoms with Crippen molar-refractivity contribution in [3.8, 4) is 0 Å². The summed E-state index contributed by atoms with van der Waals surface area (Å²) in [5, 5.41) is 0. The molecule has 128 valence electrons. The lowest BCUT2D eigenvalue weighted by atomic mass is 9.49. The molecule has 3 fully saturated rings. The van der Waals surface area contributed by atoms with Crippen LogP contribution in [0.3, 0.4) is 0 Å². The molecule has 4 unspecified atom stereocenters. The highest BCUT2D eigenvalue weighted by atomic mass is 17.2. The summed E-state index contributed by atoms with van der Waals surface area (Å²) in [7, 11) is 0. The van der Waals surface area contributed by atoms with E-state index < -0.39 is 11.8 Å². The van der Waals surface area contributed by atoms with Gasteiger partial charge in [0, 0.05) is 10.8 Å². The summed E-state index contributed by atoms with van der Waals surface area (Å²) in [6.45, 7) is 6.47. The molecular formula is C18H26O5. The van der Waals surface area contributed by atoms with E-state index in [0.717, 1.165) is 38.5 Å². The fourth-order valence-corrected chi connectivity index (χ4v) is 4.85. The molecule has 5 rings (SSSR count). The van der Waals surface area contributed by atoms with Crippen molar-refractivity contribution in [1.29, 1.82) is 0 Å². The number of carbonyl (C=O) groups excluding carboxylic acids is 1. The van der Waals surface area contributed by atoms with Crippen molar-refractivity contribution < 1.29 is 24.0 Å². The monoisotopic (exact) mass is 322 g/mol. The van der Waals surface area contributed by atoms with Gasteiger partial charge in [-0.15, -0.1) is 0 Å². The highest BCUT2D eigenvalue weighted by molar-refractivity contribution is 5.60. The normalized spacial score (nSPS) is 44.3. The molecule has 2 heterocycles. The molecule has 0 aromatic heterocycles. The third kappa shape index (κ3) is 2.09. The minimum atomic E-state index is -0.561. The Bertz CT molecular complexity index is 538. The lowest BCUT2D eigenvalue weighted by Gasteiger charge is -2.64. The van der Waals surface area contributed by atoms with Crippen LogP contribution in [0.25, 0.3) is 0 Å². The molecule has 2 saturated carbocycles. The zero-order valence-electron chi connectivity index (χ0n) is 14.2. The Kier molecular flexibility index (Phi) is 3.34. The summed E-state index contributed by atoms with van der Waals surface area (Å²) < 4.78 is 11.1. The maximum atomic E-state index is 12.1. The standard InChI is InChI=1S/C18H26O5/c1-16(2)14(21-15(19)20-12-5-4-6-12)8-9-17(3)11-13-7-10-18(16,17)23-22-13/h7,10,12-14H,4-6,8-9,11H2,1-3H3. The number of carbonyl (C=O) groups is 1. The van der Waals surface area contributed by atoms with Gasteiger partial charge in [0.1, 0.15) is 23.9 Å². The van der Waals surface area contributed by atoms with Crippen LogP contribution in [0.4, 0.5) is 4.79 Å². The lowest BCUT2D eigenvalue weighted by molar-refractivity contribution is -0.459. The van der Waals surface area contributed by atoms with Gasteiger partial charge >= 0.3 is 6.16 Å². The van der Waals surface area contributed by atoms with Crippen LogP contribution < -0.4 is 0 Å². The Morgan fingerprint density at radius 1 is 1.17 bits per heavy atom. The van der Waals surface area contributed by atoms with E-state index in [2.05, 4.69) is 32.9 Å². The topological polar surface area (TPSA) is 54.0 Å². The molecule has 0 aromatic carbocycles. The van der Waals surface area contributed by atoms with Gasteiger partial charge in [0.15, 0.2) is 0 Å². The van der Waals surface area contributed by atoms with E-state index in [-0.39, 0.29) is 29.1 Å². The third-order valence-electron chi connectivity index (χ3n) is 6.67. The van der Waals surface area contributed by atoms with Crippen molar-refractivity contribution in [1.82, 2.24) is 0 Å². The Hall–Kier alpha value is -1.07. The predicted molar refractivity (Wildman–Crippen MR) is 82.6 cm³/mol. The van der Waals surface area contributed by atoms with E-state index in [1.807, 2.05) is 0 Å². The number of ether oxygens (including phenoxy) is 2. The molecule has 0 N–H and O–H groups in total. The van der Waals surface area contributed by atoms with Crippen molar-refractivity contribution in [3.05, 3.63) is 12.2 Å². The summed E-state index contributed by atoms with van der Waals surface area (Å²) in [5.74, 6) is 0. The van der Waals surface area contributed by atoms with Crippen LogP contribution in [0.2, 0.25) is 0 Å². The first-order chi connectivity index (χ1) is 10.9. The molecule has 4 atom stereocenters. The molecule has 3 aliphatic carbocycles. The molecular weight excluding hydrogens is 296 g/mol. The van der Waals surface area contributed by atoms with Gasteiger partial charge in [-0.05, 0) is 44.6 Å². The molecule has 5 aliphatic rings. The zero-order valence-corrected chi connectivity index (χ0v) is 14.2. The van der Waals surface area contributed by atoms with Crippen molar-refractivity contribution >= 4 is 6.16 Å². The summed E-state index contributed by atoms with van der Waals surface area (Å²) in [6, 6.07) is 0. The van der Waals surface area contributed by atoms with Crippen molar-refractivity contribution in [3.63, 3.8) is 0 Å². The Morgan fingerprint density at radius 2 is 1.96 bits per heavy atom. The first-order valence-corrected chi connectivity index (χ1v) is 8.77. The van der Waals surface area contributed by atoms with E-state index in [1.165, 1.54) is 0 Å². The molecule has 5 heteroatoms. The van der Waals surface area contributed by atoms with Gasteiger partial charge in [0.05, 0.1) is 0 Å². The zero-order chi connectivity index (χ0) is 16.3. The van der Waals surface area contributed by atoms with E-state index in [4.69, 9.17) is 19.2 Å². The Balaban J connectivity index is 1.55. The maximum Gasteiger partial charge on any atom is 0.508 e. The fourth-order valence-electron chi connectivity index (χ4n) is 4.85. The van der Waals surface area contributed by atoms with Gasteiger partial charge in [-0.25, -0.2) is 14.6 Å². The second-order valence-electron chi connectivity index (χ2n) is 8.37. The van der Waals surface area contributed by atoms with E-state index in [0.29, 0.717) is 0 Å². The summed E-state index contributed by atoms with van der Waals surface area (Å²) in [4.78, 5) is 23.5. The molecule has 0 radical (unpaired) electrons. The van der Waals surface area contributed by atoms with Crippen LogP contribution >= 0.6 is 0 Å². The molecule has 1 spiro atoms. The first kappa shape index (κ1) is 15.5. The SMILES string of the molecule is CC12CCC(OC(=O)OC3CCC3)C(C)(C)C13C=CC(C2)OO3. The van der Waals surface area contributed by atoms with Crippen molar-refractivity contribution in [2.75, 3.05) is 0 Å².